The number of nitrogens with one attached hydrogen (secondary N) is 3. The topological polar surface area (TPSA) is 82.2 Å². The molecule has 0 aliphatic rings. The number of halogens is 2. The first-order valence-corrected chi connectivity index (χ1v) is 12.7. The standard InChI is InChI=1S/C29H30ClFN6O/c1-37(2)16-6-15-32-27-24(19-34-29(36-27)35-23-13-14-26(31)25(30)17-23)21-9-11-22(12-10-21)28(38)33-18-20-7-4-3-5-8-20/h3-5,7-14,17,19H,6,15-16,18H2,1-2H3,(H,33,38)(H2,32,34,35,36). The Hall–Kier alpha value is -4.01. The molecule has 0 radical (unpaired) electrons. The van der Waals surface area contributed by atoms with Gasteiger partial charge in [-0.25, -0.2) is 9.37 Å². The van der Waals surface area contributed by atoms with Crippen molar-refractivity contribution in [2.75, 3.05) is 37.8 Å². The number of rotatable bonds is 11. The molecule has 0 atom stereocenters. The van der Waals surface area contributed by atoms with Crippen LogP contribution >= 0.6 is 11.6 Å². The predicted octanol–water partition coefficient (Wildman–Crippen LogP) is 5.97. The molecule has 0 saturated carbocycles. The molecule has 38 heavy (non-hydrogen) atoms. The molecule has 0 aliphatic heterocycles. The highest BCUT2D eigenvalue weighted by molar-refractivity contribution is 6.31. The second-order valence-corrected chi connectivity index (χ2v) is 9.45. The molecule has 3 N–H and O–H groups in total. The van der Waals surface area contributed by atoms with Gasteiger partial charge in [-0.05, 0) is 68.5 Å². The van der Waals surface area contributed by atoms with Crippen molar-refractivity contribution in [2.24, 2.45) is 0 Å². The Labute approximate surface area is 227 Å². The molecule has 1 amide bonds. The second-order valence-electron chi connectivity index (χ2n) is 9.04. The molecule has 0 aliphatic carbocycles. The molecule has 4 rings (SSSR count). The maximum Gasteiger partial charge on any atom is 0.251 e. The van der Waals surface area contributed by atoms with Crippen LogP contribution in [0.2, 0.25) is 5.02 Å². The van der Waals surface area contributed by atoms with Crippen molar-refractivity contribution in [3.63, 3.8) is 0 Å². The maximum atomic E-state index is 13.5. The molecule has 1 heterocycles. The zero-order valence-electron chi connectivity index (χ0n) is 21.3. The minimum Gasteiger partial charge on any atom is -0.369 e. The average Bonchev–Trinajstić information content (AvgIpc) is 2.92. The average molecular weight is 533 g/mol. The third-order valence-electron chi connectivity index (χ3n) is 5.79. The summed E-state index contributed by atoms with van der Waals surface area (Å²) in [6.45, 7) is 2.10. The summed E-state index contributed by atoms with van der Waals surface area (Å²) >= 11 is 5.91. The summed E-state index contributed by atoms with van der Waals surface area (Å²) in [4.78, 5) is 23.9. The van der Waals surface area contributed by atoms with Crippen LogP contribution in [-0.2, 0) is 6.54 Å². The van der Waals surface area contributed by atoms with Gasteiger partial charge in [-0.1, -0.05) is 54.1 Å². The monoisotopic (exact) mass is 532 g/mol. The molecule has 4 aromatic rings. The van der Waals surface area contributed by atoms with Crippen LogP contribution in [0.4, 0.5) is 21.8 Å². The summed E-state index contributed by atoms with van der Waals surface area (Å²) in [7, 11) is 4.06. The van der Waals surface area contributed by atoms with Gasteiger partial charge in [0.1, 0.15) is 11.6 Å². The first-order chi connectivity index (χ1) is 18.4. The molecule has 1 aromatic heterocycles. The molecule has 3 aromatic carbocycles. The van der Waals surface area contributed by atoms with Gasteiger partial charge in [0.2, 0.25) is 5.95 Å². The number of anilines is 3. The van der Waals surface area contributed by atoms with E-state index in [0.717, 1.165) is 29.7 Å². The number of carbonyl (C=O) groups is 1. The van der Waals surface area contributed by atoms with Crippen LogP contribution < -0.4 is 16.0 Å². The highest BCUT2D eigenvalue weighted by Gasteiger charge is 2.12. The van der Waals surface area contributed by atoms with Gasteiger partial charge in [0.15, 0.2) is 0 Å². The Morgan fingerprint density at radius 2 is 1.79 bits per heavy atom. The number of aromatic nitrogens is 2. The van der Waals surface area contributed by atoms with Gasteiger partial charge in [0, 0.05) is 36.1 Å². The lowest BCUT2D eigenvalue weighted by atomic mass is 10.1. The Kier molecular flexibility index (Phi) is 9.24. The molecule has 9 heteroatoms. The zero-order valence-corrected chi connectivity index (χ0v) is 22.1. The van der Waals surface area contributed by atoms with Crippen LogP contribution in [0.3, 0.4) is 0 Å². The Bertz CT molecular complexity index is 1370. The van der Waals surface area contributed by atoms with E-state index in [1.807, 2.05) is 56.6 Å². The lowest BCUT2D eigenvalue weighted by Gasteiger charge is -2.15. The number of hydrogen-bond acceptors (Lipinski definition) is 6. The largest absolute Gasteiger partial charge is 0.369 e. The third-order valence-corrected chi connectivity index (χ3v) is 6.08. The Morgan fingerprint density at radius 1 is 1.03 bits per heavy atom. The highest BCUT2D eigenvalue weighted by Crippen LogP contribution is 2.28. The van der Waals surface area contributed by atoms with Gasteiger partial charge in [0.05, 0.1) is 5.02 Å². The van der Waals surface area contributed by atoms with E-state index in [-0.39, 0.29) is 10.9 Å². The minimum absolute atomic E-state index is 0.0153. The molecular formula is C29H30ClFN6O. The fourth-order valence-electron chi connectivity index (χ4n) is 3.77. The number of nitrogens with zero attached hydrogens (tertiary/aromatic N) is 3. The van der Waals surface area contributed by atoms with Crippen molar-refractivity contribution >= 4 is 35.0 Å². The van der Waals surface area contributed by atoms with E-state index in [4.69, 9.17) is 11.6 Å². The summed E-state index contributed by atoms with van der Waals surface area (Å²) in [5, 5.41) is 9.44. The van der Waals surface area contributed by atoms with Crippen molar-refractivity contribution in [1.82, 2.24) is 20.2 Å². The van der Waals surface area contributed by atoms with Crippen LogP contribution in [0.15, 0.2) is 79.0 Å². The molecule has 0 saturated heterocycles. The summed E-state index contributed by atoms with van der Waals surface area (Å²) in [5.74, 6) is 0.365. The van der Waals surface area contributed by atoms with Crippen molar-refractivity contribution in [2.45, 2.75) is 13.0 Å². The van der Waals surface area contributed by atoms with E-state index >= 15 is 0 Å². The van der Waals surface area contributed by atoms with Crippen molar-refractivity contribution in [3.8, 4) is 11.1 Å². The van der Waals surface area contributed by atoms with Gasteiger partial charge in [-0.3, -0.25) is 4.79 Å². The van der Waals surface area contributed by atoms with Gasteiger partial charge >= 0.3 is 0 Å². The van der Waals surface area contributed by atoms with Gasteiger partial charge in [0.25, 0.3) is 5.91 Å². The highest BCUT2D eigenvalue weighted by atomic mass is 35.5. The molecular weight excluding hydrogens is 503 g/mol. The van der Waals surface area contributed by atoms with Gasteiger partial charge in [-0.2, -0.15) is 4.98 Å². The predicted molar refractivity (Wildman–Crippen MR) is 151 cm³/mol. The van der Waals surface area contributed by atoms with Crippen molar-refractivity contribution < 1.29 is 9.18 Å². The number of hydrogen-bond donors (Lipinski definition) is 3. The molecule has 0 unspecified atom stereocenters. The smallest absolute Gasteiger partial charge is 0.251 e. The first kappa shape index (κ1) is 27.0. The number of amides is 1. The lowest BCUT2D eigenvalue weighted by Crippen LogP contribution is -2.22. The van der Waals surface area contributed by atoms with Gasteiger partial charge < -0.3 is 20.9 Å². The normalized spacial score (nSPS) is 10.9. The third kappa shape index (κ3) is 7.50. The van der Waals surface area contributed by atoms with E-state index in [0.29, 0.717) is 36.1 Å². The quantitative estimate of drug-likeness (QED) is 0.206. The minimum atomic E-state index is -0.492. The fourth-order valence-corrected chi connectivity index (χ4v) is 3.96. The SMILES string of the molecule is CN(C)CCCNc1nc(Nc2ccc(F)c(Cl)c2)ncc1-c1ccc(C(=O)NCc2ccccc2)cc1. The molecule has 0 fully saturated rings. The van der Waals surface area contributed by atoms with E-state index in [9.17, 15) is 9.18 Å². The van der Waals surface area contributed by atoms with Gasteiger partial charge in [-0.15, -0.1) is 0 Å². The maximum absolute atomic E-state index is 13.5. The van der Waals surface area contributed by atoms with Crippen LogP contribution in [0.25, 0.3) is 11.1 Å². The van der Waals surface area contributed by atoms with Crippen molar-refractivity contribution in [3.05, 3.63) is 101 Å². The first-order valence-electron chi connectivity index (χ1n) is 12.3. The lowest BCUT2D eigenvalue weighted by molar-refractivity contribution is 0.0951. The second kappa shape index (κ2) is 13.0. The van der Waals surface area contributed by atoms with Crippen LogP contribution in [0.1, 0.15) is 22.3 Å². The van der Waals surface area contributed by atoms with E-state index in [2.05, 4.69) is 30.8 Å². The zero-order chi connectivity index (χ0) is 26.9. The number of benzene rings is 3. The Morgan fingerprint density at radius 3 is 2.50 bits per heavy atom. The van der Waals surface area contributed by atoms with E-state index in [1.54, 1.807) is 24.4 Å². The summed E-state index contributed by atoms with van der Waals surface area (Å²) in [6.07, 6.45) is 2.65. The molecule has 196 valence electrons. The Balaban J connectivity index is 1.51. The van der Waals surface area contributed by atoms with Crippen LogP contribution in [0.5, 0.6) is 0 Å². The number of carbonyl (C=O) groups excluding carboxylic acids is 1. The fraction of sp³-hybridized carbons (Fsp3) is 0.207. The van der Waals surface area contributed by atoms with Crippen molar-refractivity contribution in [1.29, 1.82) is 0 Å². The molecule has 0 spiro atoms. The summed E-state index contributed by atoms with van der Waals surface area (Å²) in [5.41, 5.74) is 3.85. The van der Waals surface area contributed by atoms with E-state index in [1.165, 1.54) is 12.1 Å². The van der Waals surface area contributed by atoms with Crippen LogP contribution in [0, 0.1) is 5.82 Å². The molecule has 7 nitrogen and oxygen atoms in total. The van der Waals surface area contributed by atoms with Crippen LogP contribution in [-0.4, -0.2) is 48.0 Å². The summed E-state index contributed by atoms with van der Waals surface area (Å²) < 4.78 is 13.5. The summed E-state index contributed by atoms with van der Waals surface area (Å²) in [6, 6.07) is 21.5. The van der Waals surface area contributed by atoms with E-state index < -0.39 is 5.82 Å². The molecule has 0 bridgehead atoms.